The van der Waals surface area contributed by atoms with E-state index >= 15 is 0 Å². The Balaban J connectivity index is 1.69. The van der Waals surface area contributed by atoms with Gasteiger partial charge >= 0.3 is 0 Å². The zero-order valence-corrected chi connectivity index (χ0v) is 16.1. The number of anilines is 1. The van der Waals surface area contributed by atoms with Crippen molar-refractivity contribution < 1.29 is 0 Å². The molecule has 0 saturated carbocycles. The first-order chi connectivity index (χ1) is 13.8. The lowest BCUT2D eigenvalue weighted by Crippen LogP contribution is -2.37. The monoisotopic (exact) mass is 364 g/mol. The van der Waals surface area contributed by atoms with E-state index in [1.54, 1.807) is 0 Å². The predicted octanol–water partition coefficient (Wildman–Crippen LogP) is 5.68. The molecular formula is C26H24N2. The van der Waals surface area contributed by atoms with Gasteiger partial charge in [0.15, 0.2) is 0 Å². The van der Waals surface area contributed by atoms with E-state index in [2.05, 4.69) is 83.8 Å². The van der Waals surface area contributed by atoms with Crippen molar-refractivity contribution in [1.29, 1.82) is 5.26 Å². The molecule has 2 nitrogen and oxygen atoms in total. The van der Waals surface area contributed by atoms with Crippen molar-refractivity contribution in [1.82, 2.24) is 0 Å². The summed E-state index contributed by atoms with van der Waals surface area (Å²) in [4.78, 5) is 2.12. The van der Waals surface area contributed by atoms with E-state index in [1.807, 2.05) is 31.3 Å². The van der Waals surface area contributed by atoms with Gasteiger partial charge in [-0.25, -0.2) is 0 Å². The summed E-state index contributed by atoms with van der Waals surface area (Å²) in [6, 6.07) is 31.5. The molecule has 28 heavy (non-hydrogen) atoms. The quantitative estimate of drug-likeness (QED) is 0.582. The molecule has 2 heteroatoms. The smallest absolute Gasteiger partial charge is 0.124 e. The zero-order chi connectivity index (χ0) is 19.3. The molecule has 4 rings (SSSR count). The molecule has 0 amide bonds. The Morgan fingerprint density at radius 2 is 1.57 bits per heavy atom. The highest BCUT2D eigenvalue weighted by atomic mass is 15.1. The standard InChI is InChI=1S/C26H24N2/c1-28(23-13-6-3-7-14-23)25(19-27)26-22(17-16-20-10-4-2-5-11-20)18-21-12-8-9-15-24(21)26/h2-17,22,25-26H,18H2,1H3/b17-16+/t22-,25-,26+/m0/s1. The van der Waals surface area contributed by atoms with Crippen LogP contribution in [0, 0.1) is 17.2 Å². The second-order valence-corrected chi connectivity index (χ2v) is 7.38. The lowest BCUT2D eigenvalue weighted by atomic mass is 9.85. The van der Waals surface area contributed by atoms with Crippen LogP contribution in [0.5, 0.6) is 0 Å². The normalized spacial score (nSPS) is 19.1. The first-order valence-corrected chi connectivity index (χ1v) is 9.76. The number of hydrogen-bond acceptors (Lipinski definition) is 2. The third kappa shape index (κ3) is 3.57. The number of para-hydroxylation sites is 1. The summed E-state index contributed by atoms with van der Waals surface area (Å²) in [5.74, 6) is 0.444. The summed E-state index contributed by atoms with van der Waals surface area (Å²) in [6.07, 6.45) is 5.47. The summed E-state index contributed by atoms with van der Waals surface area (Å²) in [7, 11) is 2.03. The van der Waals surface area contributed by atoms with Gasteiger partial charge in [-0.1, -0.05) is 84.9 Å². The average Bonchev–Trinajstić information content (AvgIpc) is 3.12. The maximum absolute atomic E-state index is 10.1. The molecular weight excluding hydrogens is 340 g/mol. The van der Waals surface area contributed by atoms with Gasteiger partial charge in [0.2, 0.25) is 0 Å². The minimum absolute atomic E-state index is 0.145. The molecule has 0 unspecified atom stereocenters. The number of hydrogen-bond donors (Lipinski definition) is 0. The molecule has 0 bridgehead atoms. The van der Waals surface area contributed by atoms with Crippen molar-refractivity contribution in [3.8, 4) is 6.07 Å². The lowest BCUT2D eigenvalue weighted by Gasteiger charge is -2.32. The van der Waals surface area contributed by atoms with Crippen LogP contribution >= 0.6 is 0 Å². The number of likely N-dealkylation sites (N-methyl/N-ethyl adjacent to an activating group) is 1. The fraction of sp³-hybridized carbons (Fsp3) is 0.192. The summed E-state index contributed by atoms with van der Waals surface area (Å²) < 4.78 is 0. The molecule has 0 spiro atoms. The number of nitrogens with zero attached hydrogens (tertiary/aromatic N) is 2. The van der Waals surface area contributed by atoms with Crippen molar-refractivity contribution in [3.63, 3.8) is 0 Å². The molecule has 3 aromatic rings. The van der Waals surface area contributed by atoms with E-state index in [4.69, 9.17) is 0 Å². The topological polar surface area (TPSA) is 27.0 Å². The van der Waals surface area contributed by atoms with Crippen LogP contribution in [-0.4, -0.2) is 13.1 Å². The van der Waals surface area contributed by atoms with Crippen LogP contribution in [0.3, 0.4) is 0 Å². The molecule has 138 valence electrons. The minimum Gasteiger partial charge on any atom is -0.358 e. The highest BCUT2D eigenvalue weighted by Crippen LogP contribution is 2.43. The predicted molar refractivity (Wildman–Crippen MR) is 116 cm³/mol. The first-order valence-electron chi connectivity index (χ1n) is 9.76. The Kier molecular flexibility index (Phi) is 5.26. The average molecular weight is 364 g/mol. The van der Waals surface area contributed by atoms with Gasteiger partial charge in [-0.3, -0.25) is 0 Å². The van der Waals surface area contributed by atoms with Gasteiger partial charge in [-0.15, -0.1) is 0 Å². The summed E-state index contributed by atoms with van der Waals surface area (Å²) in [6.45, 7) is 0. The number of rotatable bonds is 5. The SMILES string of the molecule is CN(c1ccccc1)[C@@H](C#N)[C@H]1c2ccccc2C[C@@H]1/C=C/c1ccccc1. The minimum atomic E-state index is -0.225. The number of fused-ring (bicyclic) bond motifs is 1. The van der Waals surface area contributed by atoms with Crippen LogP contribution in [0.2, 0.25) is 0 Å². The van der Waals surface area contributed by atoms with Crippen LogP contribution in [0.15, 0.2) is 91.0 Å². The lowest BCUT2D eigenvalue weighted by molar-refractivity contribution is 0.497. The molecule has 1 aliphatic rings. The molecule has 1 aliphatic carbocycles. The molecule has 0 aromatic heterocycles. The second-order valence-electron chi connectivity index (χ2n) is 7.38. The fourth-order valence-corrected chi connectivity index (χ4v) is 4.28. The molecule has 0 saturated heterocycles. The van der Waals surface area contributed by atoms with E-state index in [1.165, 1.54) is 16.7 Å². The van der Waals surface area contributed by atoms with Crippen molar-refractivity contribution in [3.05, 3.63) is 108 Å². The highest BCUT2D eigenvalue weighted by Gasteiger charge is 2.38. The molecule has 0 fully saturated rings. The number of allylic oxidation sites excluding steroid dienone is 1. The maximum atomic E-state index is 10.1. The molecule has 3 atom stereocenters. The summed E-state index contributed by atoms with van der Waals surface area (Å²) in [5, 5.41) is 10.1. The Hall–Kier alpha value is -3.31. The van der Waals surface area contributed by atoms with E-state index < -0.39 is 0 Å². The summed E-state index contributed by atoms with van der Waals surface area (Å²) in [5.41, 5.74) is 4.93. The van der Waals surface area contributed by atoms with E-state index in [0.717, 1.165) is 12.1 Å². The van der Waals surface area contributed by atoms with Crippen LogP contribution in [0.25, 0.3) is 6.08 Å². The van der Waals surface area contributed by atoms with Gasteiger partial charge in [-0.05, 0) is 41.2 Å². The third-order valence-electron chi connectivity index (χ3n) is 5.72. The van der Waals surface area contributed by atoms with E-state index in [-0.39, 0.29) is 12.0 Å². The van der Waals surface area contributed by atoms with Gasteiger partial charge in [0.1, 0.15) is 6.04 Å². The molecule has 0 N–H and O–H groups in total. The van der Waals surface area contributed by atoms with Gasteiger partial charge < -0.3 is 4.90 Å². The zero-order valence-electron chi connectivity index (χ0n) is 16.1. The Morgan fingerprint density at radius 3 is 2.29 bits per heavy atom. The van der Waals surface area contributed by atoms with Gasteiger partial charge in [0, 0.05) is 18.7 Å². The molecule has 3 aromatic carbocycles. The van der Waals surface area contributed by atoms with Crippen molar-refractivity contribution in [2.75, 3.05) is 11.9 Å². The van der Waals surface area contributed by atoms with Crippen LogP contribution in [0.4, 0.5) is 5.69 Å². The van der Waals surface area contributed by atoms with Crippen molar-refractivity contribution >= 4 is 11.8 Å². The van der Waals surface area contributed by atoms with Gasteiger partial charge in [0.25, 0.3) is 0 Å². The summed E-state index contributed by atoms with van der Waals surface area (Å²) >= 11 is 0. The van der Waals surface area contributed by atoms with E-state index in [0.29, 0.717) is 5.92 Å². The Labute approximate surface area is 167 Å². The fourth-order valence-electron chi connectivity index (χ4n) is 4.28. The van der Waals surface area contributed by atoms with Gasteiger partial charge in [-0.2, -0.15) is 5.26 Å². The largest absolute Gasteiger partial charge is 0.358 e. The highest BCUT2D eigenvalue weighted by molar-refractivity contribution is 5.54. The van der Waals surface area contributed by atoms with Crippen LogP contribution in [0.1, 0.15) is 22.6 Å². The van der Waals surface area contributed by atoms with Crippen molar-refractivity contribution in [2.45, 2.75) is 18.4 Å². The van der Waals surface area contributed by atoms with Gasteiger partial charge in [0.05, 0.1) is 6.07 Å². The Morgan fingerprint density at radius 1 is 0.929 bits per heavy atom. The first kappa shape index (κ1) is 18.1. The van der Waals surface area contributed by atoms with E-state index in [9.17, 15) is 5.26 Å². The second kappa shape index (κ2) is 8.15. The maximum Gasteiger partial charge on any atom is 0.124 e. The van der Waals surface area contributed by atoms with Crippen LogP contribution < -0.4 is 4.90 Å². The number of benzene rings is 3. The third-order valence-corrected chi connectivity index (χ3v) is 5.72. The van der Waals surface area contributed by atoms with Crippen LogP contribution in [-0.2, 0) is 6.42 Å². The molecule has 0 radical (unpaired) electrons. The molecule has 0 aliphatic heterocycles. The van der Waals surface area contributed by atoms with Crippen molar-refractivity contribution in [2.24, 2.45) is 5.92 Å². The molecule has 0 heterocycles. The number of nitriles is 1. The Bertz CT molecular complexity index is 986.